The Morgan fingerprint density at radius 2 is 1.58 bits per heavy atom. The zero-order valence-electron chi connectivity index (χ0n) is 13.5. The third kappa shape index (κ3) is 7.15. The van der Waals surface area contributed by atoms with E-state index in [-0.39, 0.29) is 25.2 Å². The third-order valence-electron chi connectivity index (χ3n) is 3.11. The molecular formula is C14H33N3O2. The summed E-state index contributed by atoms with van der Waals surface area (Å²) in [5, 5.41) is 8.32. The van der Waals surface area contributed by atoms with Crippen LogP contribution in [0.15, 0.2) is 0 Å². The predicted octanol–water partition coefficient (Wildman–Crippen LogP) is 1.53. The molecule has 3 atom stereocenters. The lowest BCUT2D eigenvalue weighted by molar-refractivity contribution is -0.131. The SMILES string of the molecule is CC.CCC(C)[C@H](NC(=O)[C@H](CC)NC)C(=O)NC.[HH]. The minimum absolute atomic E-state index is 0. The first-order chi connectivity index (χ1) is 9.01. The van der Waals surface area contributed by atoms with Crippen molar-refractivity contribution >= 4 is 11.8 Å². The molecule has 0 spiro atoms. The van der Waals surface area contributed by atoms with Gasteiger partial charge in [0.2, 0.25) is 11.8 Å². The summed E-state index contributed by atoms with van der Waals surface area (Å²) in [5.74, 6) is -0.143. The molecule has 1 unspecified atom stereocenters. The summed E-state index contributed by atoms with van der Waals surface area (Å²) >= 11 is 0. The van der Waals surface area contributed by atoms with Gasteiger partial charge in [-0.1, -0.05) is 41.0 Å². The Bertz CT molecular complexity index is 259. The Morgan fingerprint density at radius 3 is 1.89 bits per heavy atom. The fraction of sp³-hybridized carbons (Fsp3) is 0.857. The van der Waals surface area contributed by atoms with Crippen LogP contribution in [0.25, 0.3) is 0 Å². The van der Waals surface area contributed by atoms with Gasteiger partial charge in [-0.3, -0.25) is 9.59 Å². The molecule has 0 heterocycles. The molecular weight excluding hydrogens is 242 g/mol. The van der Waals surface area contributed by atoms with Crippen molar-refractivity contribution < 1.29 is 11.0 Å². The van der Waals surface area contributed by atoms with E-state index in [1.165, 1.54) is 0 Å². The lowest BCUT2D eigenvalue weighted by Gasteiger charge is -2.25. The van der Waals surface area contributed by atoms with Gasteiger partial charge in [0.05, 0.1) is 6.04 Å². The maximum Gasteiger partial charge on any atom is 0.242 e. The van der Waals surface area contributed by atoms with Gasteiger partial charge in [-0.05, 0) is 19.4 Å². The van der Waals surface area contributed by atoms with Crippen LogP contribution in [0.5, 0.6) is 0 Å². The van der Waals surface area contributed by atoms with Crippen LogP contribution in [0.4, 0.5) is 0 Å². The number of likely N-dealkylation sites (N-methyl/N-ethyl adjacent to an activating group) is 2. The number of carbonyl (C=O) groups is 2. The summed E-state index contributed by atoms with van der Waals surface area (Å²) in [6.45, 7) is 9.89. The van der Waals surface area contributed by atoms with Crippen molar-refractivity contribution in [1.82, 2.24) is 16.0 Å². The van der Waals surface area contributed by atoms with E-state index >= 15 is 0 Å². The standard InChI is InChI=1S/C12H25N3O2.C2H6.H2/c1-6-8(3)10(12(17)14-5)15-11(16)9(7-2)13-4;1-2;/h8-10,13H,6-7H2,1-5H3,(H,14,17)(H,15,16);1-2H3;1H/t8?,9-,10-;;/m0../s1. The highest BCUT2D eigenvalue weighted by atomic mass is 16.2. The van der Waals surface area contributed by atoms with E-state index in [0.29, 0.717) is 6.42 Å². The molecule has 5 heteroatoms. The highest BCUT2D eigenvalue weighted by molar-refractivity contribution is 5.89. The van der Waals surface area contributed by atoms with Crippen molar-refractivity contribution in [2.24, 2.45) is 5.92 Å². The largest absolute Gasteiger partial charge is 0.357 e. The van der Waals surface area contributed by atoms with E-state index < -0.39 is 6.04 Å². The fourth-order valence-corrected chi connectivity index (χ4v) is 1.63. The lowest BCUT2D eigenvalue weighted by atomic mass is 9.98. The van der Waals surface area contributed by atoms with E-state index in [2.05, 4.69) is 16.0 Å². The van der Waals surface area contributed by atoms with Crippen LogP contribution in [0.3, 0.4) is 0 Å². The number of hydrogen-bond acceptors (Lipinski definition) is 3. The van der Waals surface area contributed by atoms with Crippen LogP contribution < -0.4 is 16.0 Å². The van der Waals surface area contributed by atoms with Crippen LogP contribution in [-0.4, -0.2) is 38.0 Å². The van der Waals surface area contributed by atoms with E-state index in [1.54, 1.807) is 14.1 Å². The number of amides is 2. The highest BCUT2D eigenvalue weighted by Crippen LogP contribution is 2.08. The summed E-state index contributed by atoms with van der Waals surface area (Å²) in [7, 11) is 3.32. The summed E-state index contributed by atoms with van der Waals surface area (Å²) < 4.78 is 0. The van der Waals surface area contributed by atoms with Crippen molar-refractivity contribution in [2.45, 2.75) is 59.5 Å². The summed E-state index contributed by atoms with van der Waals surface area (Å²) in [6, 6.07) is -0.703. The second-order valence-electron chi connectivity index (χ2n) is 4.24. The van der Waals surface area contributed by atoms with Gasteiger partial charge in [-0.2, -0.15) is 0 Å². The van der Waals surface area contributed by atoms with E-state index in [4.69, 9.17) is 0 Å². The first-order valence-corrected chi connectivity index (χ1v) is 7.20. The molecule has 0 aromatic carbocycles. The van der Waals surface area contributed by atoms with E-state index in [9.17, 15) is 9.59 Å². The first kappa shape index (κ1) is 20.2. The Morgan fingerprint density at radius 1 is 1.05 bits per heavy atom. The number of hydrogen-bond donors (Lipinski definition) is 3. The Balaban J connectivity index is -0.000000916. The monoisotopic (exact) mass is 275 g/mol. The topological polar surface area (TPSA) is 70.2 Å². The van der Waals surface area contributed by atoms with Gasteiger partial charge < -0.3 is 16.0 Å². The maximum absolute atomic E-state index is 11.9. The molecule has 0 aliphatic heterocycles. The average Bonchev–Trinajstić information content (AvgIpc) is 2.46. The van der Waals surface area contributed by atoms with Gasteiger partial charge in [0.25, 0.3) is 0 Å². The molecule has 0 aliphatic carbocycles. The van der Waals surface area contributed by atoms with Gasteiger partial charge in [0.1, 0.15) is 6.04 Å². The molecule has 0 radical (unpaired) electrons. The normalized spacial score (nSPS) is 14.5. The Kier molecular flexibility index (Phi) is 12.7. The molecule has 0 bridgehead atoms. The number of rotatable bonds is 7. The second kappa shape index (κ2) is 12.0. The van der Waals surface area contributed by atoms with Crippen molar-refractivity contribution in [2.75, 3.05) is 14.1 Å². The van der Waals surface area contributed by atoms with Gasteiger partial charge in [-0.25, -0.2) is 0 Å². The van der Waals surface area contributed by atoms with Crippen LogP contribution in [0.2, 0.25) is 0 Å². The van der Waals surface area contributed by atoms with Crippen molar-refractivity contribution in [1.29, 1.82) is 0 Å². The van der Waals surface area contributed by atoms with Gasteiger partial charge in [-0.15, -0.1) is 0 Å². The minimum atomic E-state index is -0.458. The predicted molar refractivity (Wildman–Crippen MR) is 82.1 cm³/mol. The molecule has 5 nitrogen and oxygen atoms in total. The highest BCUT2D eigenvalue weighted by Gasteiger charge is 2.27. The zero-order valence-corrected chi connectivity index (χ0v) is 13.5. The molecule has 0 saturated heterocycles. The average molecular weight is 275 g/mol. The molecule has 0 aromatic heterocycles. The zero-order chi connectivity index (χ0) is 15.4. The van der Waals surface area contributed by atoms with Crippen LogP contribution in [-0.2, 0) is 9.59 Å². The van der Waals surface area contributed by atoms with E-state index in [1.807, 2.05) is 34.6 Å². The third-order valence-corrected chi connectivity index (χ3v) is 3.11. The van der Waals surface area contributed by atoms with Gasteiger partial charge in [0.15, 0.2) is 0 Å². The molecule has 3 N–H and O–H groups in total. The minimum Gasteiger partial charge on any atom is -0.357 e. The fourth-order valence-electron chi connectivity index (χ4n) is 1.63. The molecule has 2 amide bonds. The summed E-state index contributed by atoms with van der Waals surface area (Å²) in [5.41, 5.74) is 0. The van der Waals surface area contributed by atoms with Crippen molar-refractivity contribution in [3.63, 3.8) is 0 Å². The lowest BCUT2D eigenvalue weighted by Crippen LogP contribution is -2.54. The van der Waals surface area contributed by atoms with Crippen LogP contribution >= 0.6 is 0 Å². The second-order valence-corrected chi connectivity index (χ2v) is 4.24. The quantitative estimate of drug-likeness (QED) is 0.660. The number of carbonyl (C=O) groups excluding carboxylic acids is 2. The van der Waals surface area contributed by atoms with Crippen LogP contribution in [0, 0.1) is 5.92 Å². The molecule has 0 aromatic rings. The maximum atomic E-state index is 11.9. The summed E-state index contributed by atoms with van der Waals surface area (Å²) in [6.07, 6.45) is 1.54. The summed E-state index contributed by atoms with van der Waals surface area (Å²) in [4.78, 5) is 23.6. The van der Waals surface area contributed by atoms with Crippen molar-refractivity contribution in [3.05, 3.63) is 0 Å². The van der Waals surface area contributed by atoms with Crippen molar-refractivity contribution in [3.8, 4) is 0 Å². The molecule has 0 saturated carbocycles. The van der Waals surface area contributed by atoms with E-state index in [0.717, 1.165) is 6.42 Å². The molecule has 19 heavy (non-hydrogen) atoms. The number of nitrogens with one attached hydrogen (secondary N) is 3. The first-order valence-electron chi connectivity index (χ1n) is 7.20. The Hall–Kier alpha value is -1.10. The van der Waals surface area contributed by atoms with Crippen LogP contribution in [0.1, 0.15) is 48.9 Å². The molecule has 0 fully saturated rings. The molecule has 116 valence electrons. The molecule has 0 rings (SSSR count). The molecule has 0 aliphatic rings. The Labute approximate surface area is 119 Å². The van der Waals surface area contributed by atoms with Gasteiger partial charge >= 0.3 is 0 Å². The smallest absolute Gasteiger partial charge is 0.242 e. The van der Waals surface area contributed by atoms with Gasteiger partial charge in [0, 0.05) is 8.47 Å².